The second kappa shape index (κ2) is 11.2. The normalized spacial score (nSPS) is 12.8. The number of rotatable bonds is 10. The van der Waals surface area contributed by atoms with Crippen LogP contribution < -0.4 is 5.48 Å². The first-order chi connectivity index (χ1) is 14.3. The maximum atomic E-state index is 13.1. The predicted molar refractivity (Wildman–Crippen MR) is 109 cm³/mol. The molecule has 2 aromatic carbocycles. The van der Waals surface area contributed by atoms with Crippen LogP contribution in [0.4, 0.5) is 4.39 Å². The SMILES string of the molecule is COC(=O)[C@@H](CC(=O)[C@@H](NOC(=O)c1ccccc1)C(C)C)Cc1ccc(F)cc1. The third kappa shape index (κ3) is 6.77. The molecule has 6 nitrogen and oxygen atoms in total. The minimum atomic E-state index is -0.793. The largest absolute Gasteiger partial charge is 0.469 e. The average molecular weight is 415 g/mol. The minimum Gasteiger partial charge on any atom is -0.469 e. The molecule has 0 spiro atoms. The van der Waals surface area contributed by atoms with Gasteiger partial charge in [0.1, 0.15) is 11.9 Å². The molecule has 0 saturated heterocycles. The molecule has 0 radical (unpaired) electrons. The number of carbonyl (C=O) groups excluding carboxylic acids is 3. The Morgan fingerprint density at radius 3 is 2.20 bits per heavy atom. The number of hydrogen-bond donors (Lipinski definition) is 1. The van der Waals surface area contributed by atoms with E-state index in [1.807, 2.05) is 0 Å². The molecule has 0 aliphatic carbocycles. The number of hydroxylamine groups is 1. The highest BCUT2D eigenvalue weighted by molar-refractivity contribution is 5.90. The first-order valence-corrected chi connectivity index (χ1v) is 9.68. The first kappa shape index (κ1) is 23.2. The van der Waals surface area contributed by atoms with E-state index in [1.54, 1.807) is 56.3 Å². The Hall–Kier alpha value is -3.06. The van der Waals surface area contributed by atoms with E-state index in [9.17, 15) is 18.8 Å². The standard InChI is InChI=1S/C23H26FNO5/c1-15(2)21(25-30-23(28)17-7-5-4-6-8-17)20(26)14-18(22(27)29-3)13-16-9-11-19(24)12-10-16/h4-12,15,18,21,25H,13-14H2,1-3H3/t18-,21+/m1/s1. The molecule has 0 aliphatic heterocycles. The van der Waals surface area contributed by atoms with Crippen molar-refractivity contribution < 1.29 is 28.3 Å². The molecule has 0 unspecified atom stereocenters. The summed E-state index contributed by atoms with van der Waals surface area (Å²) in [6.07, 6.45) is 0.121. The Labute approximate surface area is 175 Å². The summed E-state index contributed by atoms with van der Waals surface area (Å²) >= 11 is 0. The van der Waals surface area contributed by atoms with Crippen LogP contribution in [0.5, 0.6) is 0 Å². The van der Waals surface area contributed by atoms with Crippen molar-refractivity contribution in [3.63, 3.8) is 0 Å². The number of benzene rings is 2. The third-order valence-electron chi connectivity index (χ3n) is 4.68. The van der Waals surface area contributed by atoms with E-state index in [2.05, 4.69) is 5.48 Å². The average Bonchev–Trinajstić information content (AvgIpc) is 2.74. The maximum Gasteiger partial charge on any atom is 0.356 e. The highest BCUT2D eigenvalue weighted by Crippen LogP contribution is 2.18. The van der Waals surface area contributed by atoms with Crippen molar-refractivity contribution in [1.29, 1.82) is 0 Å². The van der Waals surface area contributed by atoms with Crippen LogP contribution in [0.1, 0.15) is 36.2 Å². The van der Waals surface area contributed by atoms with Crippen LogP contribution >= 0.6 is 0 Å². The lowest BCUT2D eigenvalue weighted by atomic mass is 9.89. The van der Waals surface area contributed by atoms with Gasteiger partial charge in [-0.05, 0) is 42.2 Å². The Kier molecular flexibility index (Phi) is 8.68. The van der Waals surface area contributed by atoms with E-state index < -0.39 is 23.9 Å². The van der Waals surface area contributed by atoms with Gasteiger partial charge < -0.3 is 9.57 Å². The van der Waals surface area contributed by atoms with Crippen molar-refractivity contribution in [2.75, 3.05) is 7.11 Å². The summed E-state index contributed by atoms with van der Waals surface area (Å²) in [6.45, 7) is 3.61. The van der Waals surface area contributed by atoms with Crippen molar-refractivity contribution in [2.45, 2.75) is 32.7 Å². The predicted octanol–water partition coefficient (Wildman–Crippen LogP) is 3.50. The van der Waals surface area contributed by atoms with E-state index in [1.165, 1.54) is 19.2 Å². The molecular formula is C23H26FNO5. The maximum absolute atomic E-state index is 13.1. The monoisotopic (exact) mass is 415 g/mol. The number of ether oxygens (including phenoxy) is 1. The van der Waals surface area contributed by atoms with Gasteiger partial charge in [-0.1, -0.05) is 44.2 Å². The lowest BCUT2D eigenvalue weighted by Gasteiger charge is -2.22. The fourth-order valence-electron chi connectivity index (χ4n) is 3.00. The molecule has 2 atom stereocenters. The number of halogens is 1. The number of methoxy groups -OCH3 is 1. The summed E-state index contributed by atoms with van der Waals surface area (Å²) in [5, 5.41) is 0. The zero-order chi connectivity index (χ0) is 22.1. The van der Waals surface area contributed by atoms with Gasteiger partial charge in [0.2, 0.25) is 0 Å². The Bertz CT molecular complexity index is 852. The van der Waals surface area contributed by atoms with Crippen LogP contribution in [-0.4, -0.2) is 30.9 Å². The highest BCUT2D eigenvalue weighted by Gasteiger charge is 2.30. The molecule has 0 fully saturated rings. The zero-order valence-corrected chi connectivity index (χ0v) is 17.3. The molecule has 1 N–H and O–H groups in total. The van der Waals surface area contributed by atoms with Crippen molar-refractivity contribution in [3.8, 4) is 0 Å². The van der Waals surface area contributed by atoms with Crippen LogP contribution in [0.2, 0.25) is 0 Å². The summed E-state index contributed by atoms with van der Waals surface area (Å²) in [7, 11) is 1.25. The first-order valence-electron chi connectivity index (χ1n) is 9.68. The smallest absolute Gasteiger partial charge is 0.356 e. The van der Waals surface area contributed by atoms with E-state index >= 15 is 0 Å². The van der Waals surface area contributed by atoms with Crippen LogP contribution in [0.25, 0.3) is 0 Å². The number of Topliss-reactive ketones (excluding diaryl/α,β-unsaturated/α-hetero) is 1. The highest BCUT2D eigenvalue weighted by atomic mass is 19.1. The van der Waals surface area contributed by atoms with Crippen LogP contribution in [-0.2, 0) is 25.6 Å². The molecule has 160 valence electrons. The minimum absolute atomic E-state index is 0.108. The van der Waals surface area contributed by atoms with E-state index in [0.29, 0.717) is 11.1 Å². The van der Waals surface area contributed by atoms with Gasteiger partial charge >= 0.3 is 11.9 Å². The number of nitrogens with one attached hydrogen (secondary N) is 1. The fraction of sp³-hybridized carbons (Fsp3) is 0.348. The summed E-state index contributed by atoms with van der Waals surface area (Å²) in [5.74, 6) is -2.73. The van der Waals surface area contributed by atoms with E-state index in [0.717, 1.165) is 0 Å². The molecule has 0 saturated carbocycles. The molecule has 0 amide bonds. The van der Waals surface area contributed by atoms with E-state index in [-0.39, 0.29) is 30.4 Å². The number of ketones is 1. The Morgan fingerprint density at radius 2 is 1.63 bits per heavy atom. The molecule has 0 aliphatic rings. The van der Waals surface area contributed by atoms with Gasteiger partial charge in [0.25, 0.3) is 0 Å². The van der Waals surface area contributed by atoms with Gasteiger partial charge in [0.15, 0.2) is 5.78 Å². The second-order valence-electron chi connectivity index (χ2n) is 7.32. The lowest BCUT2D eigenvalue weighted by molar-refractivity contribution is -0.147. The second-order valence-corrected chi connectivity index (χ2v) is 7.32. The van der Waals surface area contributed by atoms with Gasteiger partial charge in [-0.15, -0.1) is 5.48 Å². The van der Waals surface area contributed by atoms with Crippen LogP contribution in [0, 0.1) is 17.7 Å². The summed E-state index contributed by atoms with van der Waals surface area (Å²) in [5.41, 5.74) is 3.61. The van der Waals surface area contributed by atoms with Crippen molar-refractivity contribution in [3.05, 3.63) is 71.5 Å². The topological polar surface area (TPSA) is 81.7 Å². The summed E-state index contributed by atoms with van der Waals surface area (Å²) in [6, 6.07) is 13.3. The fourth-order valence-corrected chi connectivity index (χ4v) is 3.00. The van der Waals surface area contributed by atoms with Gasteiger partial charge in [0, 0.05) is 6.42 Å². The molecule has 30 heavy (non-hydrogen) atoms. The van der Waals surface area contributed by atoms with Crippen molar-refractivity contribution >= 4 is 17.7 Å². The quantitative estimate of drug-likeness (QED) is 0.472. The summed E-state index contributed by atoms with van der Waals surface area (Å²) in [4.78, 5) is 42.3. The number of esters is 1. The number of hydrogen-bond acceptors (Lipinski definition) is 6. The van der Waals surface area contributed by atoms with Gasteiger partial charge in [-0.25, -0.2) is 9.18 Å². The van der Waals surface area contributed by atoms with Gasteiger partial charge in [0.05, 0.1) is 18.6 Å². The molecule has 2 aromatic rings. The molecule has 0 bridgehead atoms. The van der Waals surface area contributed by atoms with Crippen LogP contribution in [0.15, 0.2) is 54.6 Å². The Morgan fingerprint density at radius 1 is 1.00 bits per heavy atom. The van der Waals surface area contributed by atoms with E-state index in [4.69, 9.17) is 9.57 Å². The zero-order valence-electron chi connectivity index (χ0n) is 17.3. The Balaban J connectivity index is 2.05. The number of carbonyl (C=O) groups is 3. The summed E-state index contributed by atoms with van der Waals surface area (Å²) < 4.78 is 18.0. The third-order valence-corrected chi connectivity index (χ3v) is 4.68. The van der Waals surface area contributed by atoms with Gasteiger partial charge in [-0.2, -0.15) is 0 Å². The van der Waals surface area contributed by atoms with Gasteiger partial charge in [-0.3, -0.25) is 9.59 Å². The molecule has 0 heterocycles. The molecular weight excluding hydrogens is 389 g/mol. The molecule has 0 aromatic heterocycles. The van der Waals surface area contributed by atoms with Crippen molar-refractivity contribution in [2.24, 2.45) is 11.8 Å². The van der Waals surface area contributed by atoms with Crippen LogP contribution in [0.3, 0.4) is 0 Å². The molecule has 7 heteroatoms. The molecule has 2 rings (SSSR count). The lowest BCUT2D eigenvalue weighted by Crippen LogP contribution is -2.43. The van der Waals surface area contributed by atoms with Crippen molar-refractivity contribution in [1.82, 2.24) is 5.48 Å².